The Morgan fingerprint density at radius 1 is 1.04 bits per heavy atom. The molecule has 1 aliphatic heterocycles. The highest BCUT2D eigenvalue weighted by Crippen LogP contribution is 2.18. The fourth-order valence-corrected chi connectivity index (χ4v) is 3.70. The molecule has 5 heteroatoms. The van der Waals surface area contributed by atoms with Crippen LogP contribution in [0.3, 0.4) is 0 Å². The number of aromatic nitrogens is 2. The Morgan fingerprint density at radius 3 is 2.48 bits per heavy atom. The summed E-state index contributed by atoms with van der Waals surface area (Å²) in [6.45, 7) is 5.72. The number of carbonyl (C=O) groups excluding carboxylic acids is 1. The van der Waals surface area contributed by atoms with Gasteiger partial charge in [0.25, 0.3) is 5.91 Å². The summed E-state index contributed by atoms with van der Waals surface area (Å²) in [5.74, 6) is 0.101. The fourth-order valence-electron chi connectivity index (χ4n) is 3.70. The predicted octanol–water partition coefficient (Wildman–Crippen LogP) is 3.56. The quantitative estimate of drug-likeness (QED) is 0.751. The number of nitrogens with zero attached hydrogens (tertiary/aromatic N) is 2. The van der Waals surface area contributed by atoms with Crippen LogP contribution in [0.2, 0.25) is 0 Å². The van der Waals surface area contributed by atoms with Crippen molar-refractivity contribution in [2.45, 2.75) is 25.9 Å². The number of fused-ring (bicyclic) bond motifs is 1. The van der Waals surface area contributed by atoms with Crippen molar-refractivity contribution in [3.05, 3.63) is 65.4 Å². The first-order valence-corrected chi connectivity index (χ1v) is 9.37. The molecule has 1 fully saturated rings. The second-order valence-corrected chi connectivity index (χ2v) is 7.29. The van der Waals surface area contributed by atoms with Gasteiger partial charge in [0.05, 0.1) is 11.2 Å². The summed E-state index contributed by atoms with van der Waals surface area (Å²) >= 11 is 0. The zero-order valence-electron chi connectivity index (χ0n) is 15.6. The van der Waals surface area contributed by atoms with E-state index >= 15 is 0 Å². The van der Waals surface area contributed by atoms with Crippen LogP contribution in [0.25, 0.3) is 23.1 Å². The van der Waals surface area contributed by atoms with Crippen LogP contribution in [0.4, 0.5) is 0 Å². The van der Waals surface area contributed by atoms with Crippen molar-refractivity contribution in [3.63, 3.8) is 0 Å². The number of nitrogens with one attached hydrogen (secondary N) is 2. The molecule has 0 aliphatic carbocycles. The molecule has 2 heterocycles. The van der Waals surface area contributed by atoms with E-state index < -0.39 is 0 Å². The number of hydrogen-bond acceptors (Lipinski definition) is 3. The van der Waals surface area contributed by atoms with Gasteiger partial charge in [-0.05, 0) is 43.7 Å². The SMILES string of the molecule is C[C@H]1CN(C(=O)c2ccc(C=Cc3n[nH]c4ccccc34)cc2)C[C@H](C)N1. The van der Waals surface area contributed by atoms with Crippen LogP contribution in [0.5, 0.6) is 0 Å². The van der Waals surface area contributed by atoms with Crippen LogP contribution in [0.15, 0.2) is 48.5 Å². The van der Waals surface area contributed by atoms with Crippen LogP contribution < -0.4 is 5.32 Å². The van der Waals surface area contributed by atoms with Gasteiger partial charge < -0.3 is 10.2 Å². The van der Waals surface area contributed by atoms with Gasteiger partial charge in [-0.15, -0.1) is 0 Å². The Hall–Kier alpha value is -2.92. The third-order valence-electron chi connectivity index (χ3n) is 4.94. The summed E-state index contributed by atoms with van der Waals surface area (Å²) in [5, 5.41) is 11.9. The normalized spacial score (nSPS) is 20.4. The van der Waals surface area contributed by atoms with E-state index in [4.69, 9.17) is 0 Å². The molecule has 0 spiro atoms. The molecule has 1 amide bonds. The van der Waals surface area contributed by atoms with Crippen molar-refractivity contribution in [1.29, 1.82) is 0 Å². The molecule has 2 N–H and O–H groups in total. The van der Waals surface area contributed by atoms with Crippen LogP contribution in [0, 0.1) is 0 Å². The summed E-state index contributed by atoms with van der Waals surface area (Å²) in [5.41, 5.74) is 3.71. The standard InChI is InChI=1S/C22H24N4O/c1-15-13-26(14-16(2)23-15)22(27)18-10-7-17(8-11-18)9-12-21-19-5-3-4-6-20(19)24-25-21/h3-12,15-16,23H,13-14H2,1-2H3,(H,24,25)/t15-,16-/m0/s1. The second kappa shape index (κ2) is 7.37. The first-order valence-electron chi connectivity index (χ1n) is 9.37. The largest absolute Gasteiger partial charge is 0.336 e. The van der Waals surface area contributed by atoms with Crippen molar-refractivity contribution in [3.8, 4) is 0 Å². The highest BCUT2D eigenvalue weighted by Gasteiger charge is 2.25. The van der Waals surface area contributed by atoms with Crippen LogP contribution in [-0.2, 0) is 0 Å². The van der Waals surface area contributed by atoms with Gasteiger partial charge in [0.1, 0.15) is 0 Å². The lowest BCUT2D eigenvalue weighted by molar-refractivity contribution is 0.0674. The van der Waals surface area contributed by atoms with Gasteiger partial charge in [-0.3, -0.25) is 9.89 Å². The molecule has 3 aromatic rings. The number of carbonyl (C=O) groups is 1. The average Bonchev–Trinajstić information content (AvgIpc) is 3.09. The molecule has 0 bridgehead atoms. The molecule has 2 aromatic carbocycles. The molecule has 138 valence electrons. The zero-order valence-corrected chi connectivity index (χ0v) is 15.6. The summed E-state index contributed by atoms with van der Waals surface area (Å²) in [7, 11) is 0. The van der Waals surface area contributed by atoms with Crippen LogP contribution in [0.1, 0.15) is 35.5 Å². The third-order valence-corrected chi connectivity index (χ3v) is 4.94. The van der Waals surface area contributed by atoms with Gasteiger partial charge in [-0.2, -0.15) is 5.10 Å². The van der Waals surface area contributed by atoms with Crippen LogP contribution in [-0.4, -0.2) is 46.2 Å². The van der Waals surface area contributed by atoms with Crippen LogP contribution >= 0.6 is 0 Å². The summed E-state index contributed by atoms with van der Waals surface area (Å²) < 4.78 is 0. The molecule has 0 unspecified atom stereocenters. The van der Waals surface area contributed by atoms with E-state index in [2.05, 4.69) is 35.4 Å². The van der Waals surface area contributed by atoms with E-state index in [0.717, 1.165) is 40.8 Å². The van der Waals surface area contributed by atoms with Gasteiger partial charge in [0, 0.05) is 36.1 Å². The number of hydrogen-bond donors (Lipinski definition) is 2. The maximum absolute atomic E-state index is 12.8. The maximum atomic E-state index is 12.8. The minimum absolute atomic E-state index is 0.101. The number of aromatic amines is 1. The van der Waals surface area contributed by atoms with Gasteiger partial charge >= 0.3 is 0 Å². The smallest absolute Gasteiger partial charge is 0.253 e. The lowest BCUT2D eigenvalue weighted by Gasteiger charge is -2.36. The zero-order chi connectivity index (χ0) is 18.8. The molecule has 2 atom stereocenters. The number of rotatable bonds is 3. The topological polar surface area (TPSA) is 61.0 Å². The molecule has 1 aromatic heterocycles. The van der Waals surface area contributed by atoms with E-state index in [-0.39, 0.29) is 5.91 Å². The Balaban J connectivity index is 1.48. The van der Waals surface area contributed by atoms with Gasteiger partial charge in [-0.1, -0.05) is 36.4 Å². The molecule has 27 heavy (non-hydrogen) atoms. The number of benzene rings is 2. The van der Waals surface area contributed by atoms with E-state index in [0.29, 0.717) is 12.1 Å². The van der Waals surface area contributed by atoms with Gasteiger partial charge in [-0.25, -0.2) is 0 Å². The van der Waals surface area contributed by atoms with Crippen molar-refractivity contribution in [2.24, 2.45) is 0 Å². The monoisotopic (exact) mass is 360 g/mol. The van der Waals surface area contributed by atoms with Crippen molar-refractivity contribution >= 4 is 29.0 Å². The molecular formula is C22H24N4O. The van der Waals surface area contributed by atoms with E-state index in [1.54, 1.807) is 0 Å². The predicted molar refractivity (Wildman–Crippen MR) is 109 cm³/mol. The molecule has 1 aliphatic rings. The highest BCUT2D eigenvalue weighted by atomic mass is 16.2. The number of para-hydroxylation sites is 1. The molecule has 5 nitrogen and oxygen atoms in total. The Morgan fingerprint density at radius 2 is 1.74 bits per heavy atom. The molecule has 0 saturated carbocycles. The van der Waals surface area contributed by atoms with Crippen molar-refractivity contribution < 1.29 is 4.79 Å². The molecule has 1 saturated heterocycles. The van der Waals surface area contributed by atoms with Gasteiger partial charge in [0.15, 0.2) is 0 Å². The number of amides is 1. The Kier molecular flexibility index (Phi) is 4.77. The van der Waals surface area contributed by atoms with Crippen molar-refractivity contribution in [1.82, 2.24) is 20.4 Å². The van der Waals surface area contributed by atoms with Gasteiger partial charge in [0.2, 0.25) is 0 Å². The summed E-state index contributed by atoms with van der Waals surface area (Å²) in [4.78, 5) is 14.7. The lowest BCUT2D eigenvalue weighted by atomic mass is 10.1. The first-order chi connectivity index (χ1) is 13.1. The third kappa shape index (κ3) is 3.78. The molecular weight excluding hydrogens is 336 g/mol. The Labute approximate surface area is 159 Å². The highest BCUT2D eigenvalue weighted by molar-refractivity contribution is 5.95. The average molecular weight is 360 g/mol. The fraction of sp³-hybridized carbons (Fsp3) is 0.273. The van der Waals surface area contributed by atoms with Crippen molar-refractivity contribution in [2.75, 3.05) is 13.1 Å². The molecule has 0 radical (unpaired) electrons. The molecule has 4 rings (SSSR count). The number of H-pyrrole nitrogens is 1. The van der Waals surface area contributed by atoms with E-state index in [1.807, 2.05) is 59.5 Å². The second-order valence-electron chi connectivity index (χ2n) is 7.29. The summed E-state index contributed by atoms with van der Waals surface area (Å²) in [6, 6.07) is 16.5. The first kappa shape index (κ1) is 17.5. The number of piperazine rings is 1. The maximum Gasteiger partial charge on any atom is 0.253 e. The van der Waals surface area contributed by atoms with E-state index in [1.165, 1.54) is 0 Å². The minimum Gasteiger partial charge on any atom is -0.336 e. The minimum atomic E-state index is 0.101. The lowest BCUT2D eigenvalue weighted by Crippen LogP contribution is -2.55. The summed E-state index contributed by atoms with van der Waals surface area (Å²) in [6.07, 6.45) is 4.02. The van der Waals surface area contributed by atoms with E-state index in [9.17, 15) is 4.79 Å². The Bertz CT molecular complexity index is 963.